The number of fused-ring (bicyclic) bond motifs is 4. The third-order valence-electron chi connectivity index (χ3n) is 7.75. The maximum absolute atomic E-state index is 13.5. The average Bonchev–Trinajstić information content (AvgIpc) is 3.26. The van der Waals surface area contributed by atoms with Crippen molar-refractivity contribution in [3.63, 3.8) is 0 Å². The van der Waals surface area contributed by atoms with E-state index in [1.54, 1.807) is 12.3 Å². The second-order valence-electron chi connectivity index (χ2n) is 10.1. The van der Waals surface area contributed by atoms with Crippen LogP contribution in [-0.4, -0.2) is 26.3 Å². The Balaban J connectivity index is 1.29. The lowest BCUT2D eigenvalue weighted by Gasteiger charge is -2.31. The molecule has 1 atom stereocenters. The van der Waals surface area contributed by atoms with Gasteiger partial charge in [0.1, 0.15) is 5.82 Å². The number of rotatable bonds is 4. The predicted molar refractivity (Wildman–Crippen MR) is 138 cm³/mol. The molecule has 6 nitrogen and oxygen atoms in total. The van der Waals surface area contributed by atoms with Crippen LogP contribution < -0.4 is 10.2 Å². The third-order valence-corrected chi connectivity index (χ3v) is 7.75. The highest BCUT2D eigenvalue weighted by Crippen LogP contribution is 2.36. The average molecular weight is 507 g/mol. The van der Waals surface area contributed by atoms with E-state index in [9.17, 15) is 13.2 Å². The number of nitrogens with zero attached hydrogens (tertiary/aromatic N) is 5. The fraction of sp³-hybridized carbons (Fsp3) is 0.393. The molecule has 0 radical (unpaired) electrons. The van der Waals surface area contributed by atoms with E-state index >= 15 is 0 Å². The molecule has 192 valence electrons. The van der Waals surface area contributed by atoms with E-state index in [2.05, 4.69) is 37.1 Å². The van der Waals surface area contributed by atoms with Crippen molar-refractivity contribution in [2.75, 3.05) is 16.8 Å². The van der Waals surface area contributed by atoms with Crippen molar-refractivity contribution in [3.8, 4) is 0 Å². The highest BCUT2D eigenvalue weighted by atomic mass is 19.4. The second kappa shape index (κ2) is 9.04. The summed E-state index contributed by atoms with van der Waals surface area (Å²) in [6, 6.07) is 10.1. The summed E-state index contributed by atoms with van der Waals surface area (Å²) in [6.07, 6.45) is 1.96. The number of hydrogen-bond donors (Lipinski definition) is 1. The van der Waals surface area contributed by atoms with E-state index in [4.69, 9.17) is 4.98 Å². The molecule has 0 spiro atoms. The highest BCUT2D eigenvalue weighted by molar-refractivity contribution is 5.93. The molecule has 37 heavy (non-hydrogen) atoms. The fourth-order valence-corrected chi connectivity index (χ4v) is 5.81. The van der Waals surface area contributed by atoms with Crippen molar-refractivity contribution in [2.24, 2.45) is 0 Å². The number of benzene rings is 2. The molecule has 2 aromatic carbocycles. The van der Waals surface area contributed by atoms with Gasteiger partial charge in [-0.2, -0.15) is 18.3 Å². The molecule has 1 aliphatic carbocycles. The zero-order valence-corrected chi connectivity index (χ0v) is 20.9. The molecule has 2 aliphatic rings. The van der Waals surface area contributed by atoms with Crippen molar-refractivity contribution < 1.29 is 13.2 Å². The SMILES string of the molecule is Cc1c([C@@H](C)Nc2nncc3ccc(N4CCn5c(nc6c5CCCC6)C4)cc23)cccc1C(F)(F)F. The van der Waals surface area contributed by atoms with Crippen LogP contribution >= 0.6 is 0 Å². The molecule has 1 aliphatic heterocycles. The predicted octanol–water partition coefficient (Wildman–Crippen LogP) is 6.23. The monoisotopic (exact) mass is 506 g/mol. The van der Waals surface area contributed by atoms with Crippen molar-refractivity contribution in [2.45, 2.75) is 64.8 Å². The molecule has 9 heteroatoms. The van der Waals surface area contributed by atoms with Gasteiger partial charge >= 0.3 is 6.18 Å². The molecule has 0 saturated carbocycles. The fourth-order valence-electron chi connectivity index (χ4n) is 5.81. The Morgan fingerprint density at radius 3 is 2.73 bits per heavy atom. The third kappa shape index (κ3) is 4.30. The van der Waals surface area contributed by atoms with Gasteiger partial charge in [-0.05, 0) is 68.9 Å². The summed E-state index contributed by atoms with van der Waals surface area (Å²) in [5, 5.41) is 13.6. The molecule has 3 heterocycles. The molecule has 1 N–H and O–H groups in total. The molecule has 2 aromatic heterocycles. The maximum atomic E-state index is 13.5. The quantitative estimate of drug-likeness (QED) is 0.356. The van der Waals surface area contributed by atoms with Gasteiger partial charge < -0.3 is 14.8 Å². The summed E-state index contributed by atoms with van der Waals surface area (Å²) in [5.41, 5.74) is 3.93. The van der Waals surface area contributed by atoms with Crippen LogP contribution in [0.3, 0.4) is 0 Å². The first-order valence-corrected chi connectivity index (χ1v) is 12.8. The minimum Gasteiger partial charge on any atom is -0.362 e. The molecule has 0 fully saturated rings. The number of aryl methyl sites for hydroxylation is 1. The van der Waals surface area contributed by atoms with Crippen LogP contribution in [0.1, 0.15) is 59.7 Å². The van der Waals surface area contributed by atoms with Crippen LogP contribution in [0.5, 0.6) is 0 Å². The van der Waals surface area contributed by atoms with Gasteiger partial charge in [0.15, 0.2) is 5.82 Å². The minimum atomic E-state index is -4.39. The molecule has 0 bridgehead atoms. The lowest BCUT2D eigenvalue weighted by molar-refractivity contribution is -0.138. The summed E-state index contributed by atoms with van der Waals surface area (Å²) in [5.74, 6) is 1.68. The number of aromatic nitrogens is 4. The molecule has 0 saturated heterocycles. The van der Waals surface area contributed by atoms with Crippen LogP contribution in [0.15, 0.2) is 42.6 Å². The first kappa shape index (κ1) is 23.8. The van der Waals surface area contributed by atoms with Gasteiger partial charge in [0.05, 0.1) is 30.0 Å². The summed E-state index contributed by atoms with van der Waals surface area (Å²) < 4.78 is 42.8. The van der Waals surface area contributed by atoms with E-state index in [1.807, 2.05) is 13.0 Å². The van der Waals surface area contributed by atoms with Crippen LogP contribution in [0, 0.1) is 6.92 Å². The van der Waals surface area contributed by atoms with Gasteiger partial charge in [-0.25, -0.2) is 4.98 Å². The van der Waals surface area contributed by atoms with Gasteiger partial charge in [0.2, 0.25) is 0 Å². The molecule has 0 unspecified atom stereocenters. The van der Waals surface area contributed by atoms with E-state index in [0.29, 0.717) is 11.4 Å². The number of anilines is 2. The topological polar surface area (TPSA) is 58.9 Å². The number of halogens is 3. The van der Waals surface area contributed by atoms with Crippen LogP contribution in [-0.2, 0) is 32.1 Å². The normalized spacial score (nSPS) is 16.4. The van der Waals surface area contributed by atoms with Crippen molar-refractivity contribution >= 4 is 22.3 Å². The number of imidazole rings is 1. The van der Waals surface area contributed by atoms with Gasteiger partial charge in [0.25, 0.3) is 0 Å². The van der Waals surface area contributed by atoms with Crippen LogP contribution in [0.4, 0.5) is 24.7 Å². The van der Waals surface area contributed by atoms with Gasteiger partial charge in [0, 0.05) is 35.2 Å². The smallest absolute Gasteiger partial charge is 0.362 e. The summed E-state index contributed by atoms with van der Waals surface area (Å²) in [4.78, 5) is 7.29. The number of alkyl halides is 3. The van der Waals surface area contributed by atoms with Crippen molar-refractivity contribution in [1.29, 1.82) is 0 Å². The Bertz CT molecular complexity index is 1480. The zero-order chi connectivity index (χ0) is 25.7. The Morgan fingerprint density at radius 2 is 1.89 bits per heavy atom. The Hall–Kier alpha value is -3.62. The zero-order valence-electron chi connectivity index (χ0n) is 20.9. The van der Waals surface area contributed by atoms with Crippen LogP contribution in [0.25, 0.3) is 10.8 Å². The Labute approximate surface area is 213 Å². The lowest BCUT2D eigenvalue weighted by atomic mass is 9.97. The first-order valence-electron chi connectivity index (χ1n) is 12.8. The van der Waals surface area contributed by atoms with E-state index in [0.717, 1.165) is 60.8 Å². The number of nitrogens with one attached hydrogen (secondary N) is 1. The van der Waals surface area contributed by atoms with Crippen LogP contribution in [0.2, 0.25) is 0 Å². The second-order valence-corrected chi connectivity index (χ2v) is 10.1. The number of hydrogen-bond acceptors (Lipinski definition) is 5. The lowest BCUT2D eigenvalue weighted by Crippen LogP contribution is -2.34. The van der Waals surface area contributed by atoms with Gasteiger partial charge in [-0.15, -0.1) is 5.10 Å². The molecular formula is C28H29F3N6. The Morgan fingerprint density at radius 1 is 1.05 bits per heavy atom. The maximum Gasteiger partial charge on any atom is 0.416 e. The summed E-state index contributed by atoms with van der Waals surface area (Å²) in [7, 11) is 0. The highest BCUT2D eigenvalue weighted by Gasteiger charge is 2.33. The minimum absolute atomic E-state index is 0.218. The van der Waals surface area contributed by atoms with Crippen molar-refractivity contribution in [3.05, 3.63) is 76.5 Å². The summed E-state index contributed by atoms with van der Waals surface area (Å²) >= 11 is 0. The van der Waals surface area contributed by atoms with E-state index in [1.165, 1.54) is 37.2 Å². The van der Waals surface area contributed by atoms with E-state index in [-0.39, 0.29) is 11.6 Å². The Kier molecular flexibility index (Phi) is 5.81. The standard InChI is InChI=1S/C28H29F3N6/c1-17-21(6-5-7-23(17)28(29,30)31)18(2)33-27-22-14-20(11-10-19(22)15-32-35-27)36-12-13-37-25-9-4-3-8-24(25)34-26(37)16-36/h5-7,10-11,14-15,18H,3-4,8-9,12-13,16H2,1-2H3,(H,33,35)/t18-/m1/s1. The van der Waals surface area contributed by atoms with Gasteiger partial charge in [-0.3, -0.25) is 0 Å². The van der Waals surface area contributed by atoms with Gasteiger partial charge in [-0.1, -0.05) is 18.2 Å². The molecule has 0 amide bonds. The van der Waals surface area contributed by atoms with Crippen molar-refractivity contribution in [1.82, 2.24) is 19.7 Å². The molecule has 4 aromatic rings. The largest absolute Gasteiger partial charge is 0.416 e. The van der Waals surface area contributed by atoms with E-state index < -0.39 is 11.7 Å². The molecule has 6 rings (SSSR count). The summed E-state index contributed by atoms with van der Waals surface area (Å²) in [6.45, 7) is 5.92. The molecular weight excluding hydrogens is 477 g/mol. The first-order chi connectivity index (χ1) is 17.8.